The molecule has 3 rings (SSSR count). The number of carbonyl (C=O) groups is 2. The standard InChI is InChI=1S/C22H21FN2O3/c1-14(2)25(13-21(26)28-3)22(27)18-12-20(15-8-10-16(23)11-9-15)24-19-7-5-4-6-17(18)19/h4-12,14H,13H2,1-3H3. The highest BCUT2D eigenvalue weighted by molar-refractivity contribution is 6.08. The first-order valence-electron chi connectivity index (χ1n) is 8.94. The molecule has 0 unspecified atom stereocenters. The van der Waals surface area contributed by atoms with Gasteiger partial charge in [0, 0.05) is 17.0 Å². The van der Waals surface area contributed by atoms with E-state index in [1.807, 2.05) is 38.1 Å². The molecule has 0 atom stereocenters. The number of para-hydroxylation sites is 1. The van der Waals surface area contributed by atoms with Gasteiger partial charge in [-0.2, -0.15) is 0 Å². The van der Waals surface area contributed by atoms with Crippen molar-refractivity contribution in [2.24, 2.45) is 0 Å². The van der Waals surface area contributed by atoms with Crippen LogP contribution in [0.1, 0.15) is 24.2 Å². The number of methoxy groups -OCH3 is 1. The molecule has 1 heterocycles. The number of hydrogen-bond acceptors (Lipinski definition) is 4. The van der Waals surface area contributed by atoms with Crippen molar-refractivity contribution in [2.75, 3.05) is 13.7 Å². The highest BCUT2D eigenvalue weighted by Gasteiger charge is 2.24. The lowest BCUT2D eigenvalue weighted by Gasteiger charge is -2.26. The van der Waals surface area contributed by atoms with Crippen LogP contribution in [0.15, 0.2) is 54.6 Å². The number of benzene rings is 2. The zero-order valence-electron chi connectivity index (χ0n) is 16.0. The number of esters is 1. The van der Waals surface area contributed by atoms with E-state index in [-0.39, 0.29) is 24.3 Å². The van der Waals surface area contributed by atoms with Gasteiger partial charge in [0.05, 0.1) is 23.9 Å². The second kappa shape index (κ2) is 8.17. The Balaban J connectivity index is 2.13. The number of nitrogens with zero attached hydrogens (tertiary/aromatic N) is 2. The average molecular weight is 380 g/mol. The van der Waals surface area contributed by atoms with Gasteiger partial charge in [0.25, 0.3) is 5.91 Å². The zero-order chi connectivity index (χ0) is 20.3. The lowest BCUT2D eigenvalue weighted by molar-refractivity contribution is -0.141. The van der Waals surface area contributed by atoms with Gasteiger partial charge in [-0.05, 0) is 50.2 Å². The third-order valence-electron chi connectivity index (χ3n) is 4.50. The van der Waals surface area contributed by atoms with Crippen LogP contribution in [0.25, 0.3) is 22.2 Å². The number of carbonyl (C=O) groups excluding carboxylic acids is 2. The highest BCUT2D eigenvalue weighted by Crippen LogP contribution is 2.26. The fraction of sp³-hybridized carbons (Fsp3) is 0.227. The van der Waals surface area contributed by atoms with E-state index in [9.17, 15) is 14.0 Å². The van der Waals surface area contributed by atoms with Crippen LogP contribution in [-0.4, -0.2) is 41.5 Å². The largest absolute Gasteiger partial charge is 0.468 e. The number of hydrogen-bond donors (Lipinski definition) is 0. The third-order valence-corrected chi connectivity index (χ3v) is 4.50. The normalized spacial score (nSPS) is 10.9. The zero-order valence-corrected chi connectivity index (χ0v) is 16.0. The van der Waals surface area contributed by atoms with Gasteiger partial charge in [-0.15, -0.1) is 0 Å². The Bertz CT molecular complexity index is 1020. The molecule has 1 amide bonds. The van der Waals surface area contributed by atoms with E-state index in [1.165, 1.54) is 24.1 Å². The van der Waals surface area contributed by atoms with Gasteiger partial charge in [0.15, 0.2) is 0 Å². The van der Waals surface area contributed by atoms with E-state index >= 15 is 0 Å². The molecule has 1 aromatic heterocycles. The molecule has 3 aromatic rings. The molecule has 28 heavy (non-hydrogen) atoms. The first-order chi connectivity index (χ1) is 13.4. The molecule has 0 aliphatic carbocycles. The number of ether oxygens (including phenoxy) is 1. The predicted octanol–water partition coefficient (Wildman–Crippen LogP) is 4.06. The van der Waals surface area contributed by atoms with Crippen LogP contribution < -0.4 is 0 Å². The van der Waals surface area contributed by atoms with Gasteiger partial charge in [-0.25, -0.2) is 9.37 Å². The topological polar surface area (TPSA) is 59.5 Å². The van der Waals surface area contributed by atoms with E-state index < -0.39 is 5.97 Å². The summed E-state index contributed by atoms with van der Waals surface area (Å²) in [4.78, 5) is 31.2. The number of pyridine rings is 1. The molecule has 0 saturated heterocycles. The molecular weight excluding hydrogens is 359 g/mol. The minimum absolute atomic E-state index is 0.143. The maximum absolute atomic E-state index is 13.3. The smallest absolute Gasteiger partial charge is 0.325 e. The monoisotopic (exact) mass is 380 g/mol. The van der Waals surface area contributed by atoms with Crippen molar-refractivity contribution in [1.82, 2.24) is 9.88 Å². The number of aromatic nitrogens is 1. The van der Waals surface area contributed by atoms with Crippen molar-refractivity contribution >= 4 is 22.8 Å². The van der Waals surface area contributed by atoms with Crippen molar-refractivity contribution in [3.05, 3.63) is 66.0 Å². The molecule has 2 aromatic carbocycles. The SMILES string of the molecule is COC(=O)CN(C(=O)c1cc(-c2ccc(F)cc2)nc2ccccc12)C(C)C. The molecule has 0 fully saturated rings. The summed E-state index contributed by atoms with van der Waals surface area (Å²) < 4.78 is 18.0. The van der Waals surface area contributed by atoms with E-state index in [4.69, 9.17) is 4.74 Å². The van der Waals surface area contributed by atoms with Crippen LogP contribution in [0, 0.1) is 5.82 Å². The Labute approximate surface area is 162 Å². The minimum Gasteiger partial charge on any atom is -0.468 e. The summed E-state index contributed by atoms with van der Waals surface area (Å²) in [5, 5.41) is 0.689. The van der Waals surface area contributed by atoms with Crippen LogP contribution in [-0.2, 0) is 9.53 Å². The molecule has 5 nitrogen and oxygen atoms in total. The molecule has 0 radical (unpaired) electrons. The second-order valence-corrected chi connectivity index (χ2v) is 6.68. The Morgan fingerprint density at radius 1 is 1.11 bits per heavy atom. The number of fused-ring (bicyclic) bond motifs is 1. The molecule has 0 aliphatic heterocycles. The van der Waals surface area contributed by atoms with Gasteiger partial charge in [-0.3, -0.25) is 9.59 Å². The quantitative estimate of drug-likeness (QED) is 0.626. The maximum Gasteiger partial charge on any atom is 0.325 e. The second-order valence-electron chi connectivity index (χ2n) is 6.68. The van der Waals surface area contributed by atoms with Crippen LogP contribution in [0.2, 0.25) is 0 Å². The summed E-state index contributed by atoms with van der Waals surface area (Å²) in [5.74, 6) is -1.12. The molecule has 0 spiro atoms. The first kappa shape index (κ1) is 19.5. The summed E-state index contributed by atoms with van der Waals surface area (Å²) in [7, 11) is 1.29. The van der Waals surface area contributed by atoms with Crippen LogP contribution in [0.3, 0.4) is 0 Å². The van der Waals surface area contributed by atoms with E-state index in [1.54, 1.807) is 18.2 Å². The molecule has 0 aliphatic rings. The maximum atomic E-state index is 13.3. The van der Waals surface area contributed by atoms with Crippen molar-refractivity contribution in [3.8, 4) is 11.3 Å². The summed E-state index contributed by atoms with van der Waals surface area (Å²) in [5.41, 5.74) is 2.34. The highest BCUT2D eigenvalue weighted by atomic mass is 19.1. The fourth-order valence-corrected chi connectivity index (χ4v) is 2.97. The Morgan fingerprint density at radius 3 is 2.43 bits per heavy atom. The summed E-state index contributed by atoms with van der Waals surface area (Å²) in [6.07, 6.45) is 0. The van der Waals surface area contributed by atoms with Crippen molar-refractivity contribution in [2.45, 2.75) is 19.9 Å². The fourth-order valence-electron chi connectivity index (χ4n) is 2.97. The minimum atomic E-state index is -0.487. The van der Waals surface area contributed by atoms with Crippen molar-refractivity contribution < 1.29 is 18.7 Å². The van der Waals surface area contributed by atoms with Gasteiger partial charge in [0.2, 0.25) is 0 Å². The van der Waals surface area contributed by atoms with E-state index in [0.29, 0.717) is 27.7 Å². The lowest BCUT2D eigenvalue weighted by atomic mass is 10.0. The van der Waals surface area contributed by atoms with E-state index in [0.717, 1.165) is 0 Å². The molecular formula is C22H21FN2O3. The molecule has 0 N–H and O–H groups in total. The number of halogens is 1. The molecule has 0 bridgehead atoms. The first-order valence-corrected chi connectivity index (χ1v) is 8.94. The molecule has 144 valence electrons. The van der Waals surface area contributed by atoms with Gasteiger partial charge in [-0.1, -0.05) is 18.2 Å². The summed E-state index contributed by atoms with van der Waals surface area (Å²) >= 11 is 0. The lowest BCUT2D eigenvalue weighted by Crippen LogP contribution is -2.41. The Hall–Kier alpha value is -3.28. The van der Waals surface area contributed by atoms with Crippen molar-refractivity contribution in [3.63, 3.8) is 0 Å². The summed E-state index contributed by atoms with van der Waals surface area (Å²) in [6.45, 7) is 3.53. The van der Waals surface area contributed by atoms with Crippen LogP contribution >= 0.6 is 0 Å². The molecule has 0 saturated carbocycles. The Kier molecular flexibility index (Phi) is 5.68. The van der Waals surface area contributed by atoms with Gasteiger partial charge >= 0.3 is 5.97 Å². The average Bonchev–Trinajstić information content (AvgIpc) is 2.70. The van der Waals surface area contributed by atoms with Gasteiger partial charge in [0.1, 0.15) is 12.4 Å². The molecule has 6 heteroatoms. The van der Waals surface area contributed by atoms with Crippen LogP contribution in [0.5, 0.6) is 0 Å². The Morgan fingerprint density at radius 2 is 1.79 bits per heavy atom. The number of amides is 1. The van der Waals surface area contributed by atoms with E-state index in [2.05, 4.69) is 4.98 Å². The number of rotatable bonds is 5. The third kappa shape index (κ3) is 4.01. The van der Waals surface area contributed by atoms with Gasteiger partial charge < -0.3 is 9.64 Å². The summed E-state index contributed by atoms with van der Waals surface area (Å²) in [6, 6.07) is 14.7. The van der Waals surface area contributed by atoms with Crippen molar-refractivity contribution in [1.29, 1.82) is 0 Å². The van der Waals surface area contributed by atoms with Crippen LogP contribution in [0.4, 0.5) is 4.39 Å². The predicted molar refractivity (Wildman–Crippen MR) is 105 cm³/mol.